The number of hydrogen-bond donors (Lipinski definition) is 1. The Morgan fingerprint density at radius 1 is 1.64 bits per heavy atom. The molecule has 0 amide bonds. The van der Waals surface area contributed by atoms with Gasteiger partial charge in [0.05, 0.1) is 11.9 Å². The number of nitrogens with zero attached hydrogens (tertiary/aromatic N) is 2. The van der Waals surface area contributed by atoms with Crippen LogP contribution in [0.15, 0.2) is 12.5 Å². The summed E-state index contributed by atoms with van der Waals surface area (Å²) >= 11 is 0. The fourth-order valence-corrected chi connectivity index (χ4v) is 0.949. The Kier molecular flexibility index (Phi) is 2.90. The monoisotopic (exact) mass is 197 g/mol. The number of ether oxygens (including phenoxy) is 1. The van der Waals surface area contributed by atoms with E-state index in [2.05, 4.69) is 4.98 Å². The van der Waals surface area contributed by atoms with Crippen molar-refractivity contribution >= 4 is 6.09 Å². The van der Waals surface area contributed by atoms with Crippen LogP contribution < -0.4 is 5.73 Å². The highest BCUT2D eigenvalue weighted by atomic mass is 16.6. The lowest BCUT2D eigenvalue weighted by Crippen LogP contribution is -2.28. The second-order valence-corrected chi connectivity index (χ2v) is 3.94. The predicted octanol–water partition coefficient (Wildman–Crippen LogP) is 1.12. The normalized spacial score (nSPS) is 11.4. The molecule has 1 aromatic heterocycles. The summed E-state index contributed by atoms with van der Waals surface area (Å²) < 4.78 is 6.46. The molecular formula is C9H15N3O2. The number of carbonyl (C=O) groups excluding carboxylic acids is 1. The molecule has 0 aliphatic heterocycles. The van der Waals surface area contributed by atoms with Gasteiger partial charge in [0.15, 0.2) is 0 Å². The first-order valence-electron chi connectivity index (χ1n) is 4.38. The third-order valence-corrected chi connectivity index (χ3v) is 1.51. The van der Waals surface area contributed by atoms with E-state index in [0.29, 0.717) is 5.69 Å². The molecule has 0 atom stereocenters. The molecule has 1 heterocycles. The van der Waals surface area contributed by atoms with Gasteiger partial charge in [-0.2, -0.15) is 0 Å². The van der Waals surface area contributed by atoms with Gasteiger partial charge in [0.1, 0.15) is 11.9 Å². The van der Waals surface area contributed by atoms with Crippen LogP contribution in [0.25, 0.3) is 0 Å². The van der Waals surface area contributed by atoms with Gasteiger partial charge in [-0.15, -0.1) is 0 Å². The number of aromatic nitrogens is 2. The first-order valence-corrected chi connectivity index (χ1v) is 4.38. The molecule has 0 saturated heterocycles. The van der Waals surface area contributed by atoms with Gasteiger partial charge in [-0.1, -0.05) is 0 Å². The van der Waals surface area contributed by atoms with Gasteiger partial charge in [0.25, 0.3) is 0 Å². The fourth-order valence-electron chi connectivity index (χ4n) is 0.949. The molecule has 5 nitrogen and oxygen atoms in total. The van der Waals surface area contributed by atoms with E-state index < -0.39 is 11.7 Å². The zero-order valence-corrected chi connectivity index (χ0v) is 8.65. The van der Waals surface area contributed by atoms with E-state index >= 15 is 0 Å². The minimum absolute atomic E-state index is 0.263. The van der Waals surface area contributed by atoms with Gasteiger partial charge in [-0.3, -0.25) is 0 Å². The van der Waals surface area contributed by atoms with Crippen LogP contribution in [0.2, 0.25) is 0 Å². The molecule has 0 aliphatic rings. The molecule has 1 aromatic rings. The molecule has 1 rings (SSSR count). The van der Waals surface area contributed by atoms with E-state index in [1.54, 1.807) is 6.20 Å². The van der Waals surface area contributed by atoms with Crippen molar-refractivity contribution in [3.05, 3.63) is 18.2 Å². The molecule has 0 spiro atoms. The van der Waals surface area contributed by atoms with Crippen LogP contribution in [0.3, 0.4) is 0 Å². The molecule has 5 heteroatoms. The maximum atomic E-state index is 11.5. The third-order valence-electron chi connectivity index (χ3n) is 1.51. The Morgan fingerprint density at radius 2 is 2.29 bits per heavy atom. The molecule has 2 N–H and O–H groups in total. The van der Waals surface area contributed by atoms with Crippen molar-refractivity contribution in [1.29, 1.82) is 0 Å². The van der Waals surface area contributed by atoms with Crippen LogP contribution >= 0.6 is 0 Å². The number of nitrogens with two attached hydrogens (primary N) is 1. The van der Waals surface area contributed by atoms with Crippen molar-refractivity contribution < 1.29 is 9.53 Å². The van der Waals surface area contributed by atoms with E-state index in [0.717, 1.165) is 0 Å². The van der Waals surface area contributed by atoms with Crippen molar-refractivity contribution in [3.8, 4) is 0 Å². The van der Waals surface area contributed by atoms with Gasteiger partial charge in [0.2, 0.25) is 0 Å². The number of imidazole rings is 1. The molecule has 0 aromatic carbocycles. The van der Waals surface area contributed by atoms with Crippen molar-refractivity contribution in [2.24, 2.45) is 5.73 Å². The first-order chi connectivity index (χ1) is 6.44. The maximum Gasteiger partial charge on any atom is 0.420 e. The summed E-state index contributed by atoms with van der Waals surface area (Å²) in [6.07, 6.45) is 2.50. The lowest BCUT2D eigenvalue weighted by molar-refractivity contribution is 0.0532. The highest BCUT2D eigenvalue weighted by molar-refractivity contribution is 5.71. The number of hydrogen-bond acceptors (Lipinski definition) is 4. The Hall–Kier alpha value is -1.36. The predicted molar refractivity (Wildman–Crippen MR) is 51.8 cm³/mol. The number of carbonyl (C=O) groups is 1. The van der Waals surface area contributed by atoms with Crippen molar-refractivity contribution in [2.45, 2.75) is 32.9 Å². The standard InChI is InChI=1S/C9H15N3O2/c1-9(2,3)14-8(13)12-6-11-5-7(12)4-10/h5-6H,4,10H2,1-3H3. The molecule has 0 fully saturated rings. The van der Waals surface area contributed by atoms with Crippen LogP contribution in [-0.4, -0.2) is 21.2 Å². The molecule has 14 heavy (non-hydrogen) atoms. The molecule has 0 unspecified atom stereocenters. The van der Waals surface area contributed by atoms with E-state index in [-0.39, 0.29) is 6.54 Å². The second kappa shape index (κ2) is 3.79. The van der Waals surface area contributed by atoms with E-state index in [1.807, 2.05) is 20.8 Å². The summed E-state index contributed by atoms with van der Waals surface area (Å²) in [5.41, 5.74) is 5.56. The maximum absolute atomic E-state index is 11.5. The smallest absolute Gasteiger partial charge is 0.420 e. The van der Waals surface area contributed by atoms with Crippen LogP contribution in [-0.2, 0) is 11.3 Å². The van der Waals surface area contributed by atoms with Gasteiger partial charge in [0, 0.05) is 6.54 Å². The Bertz CT molecular complexity index is 325. The van der Waals surface area contributed by atoms with Gasteiger partial charge >= 0.3 is 6.09 Å². The van der Waals surface area contributed by atoms with Gasteiger partial charge in [-0.25, -0.2) is 14.3 Å². The van der Waals surface area contributed by atoms with Gasteiger partial charge < -0.3 is 10.5 Å². The molecule has 0 saturated carbocycles. The van der Waals surface area contributed by atoms with E-state index in [4.69, 9.17) is 10.5 Å². The largest absolute Gasteiger partial charge is 0.443 e. The zero-order valence-electron chi connectivity index (χ0n) is 8.65. The molecule has 0 radical (unpaired) electrons. The lowest BCUT2D eigenvalue weighted by Gasteiger charge is -2.19. The number of rotatable bonds is 1. The zero-order chi connectivity index (χ0) is 10.8. The van der Waals surface area contributed by atoms with Crippen LogP contribution in [0.1, 0.15) is 26.5 Å². The van der Waals surface area contributed by atoms with Crippen molar-refractivity contribution in [1.82, 2.24) is 9.55 Å². The average molecular weight is 197 g/mol. The highest BCUT2D eigenvalue weighted by Gasteiger charge is 2.18. The topological polar surface area (TPSA) is 70.1 Å². The summed E-state index contributed by atoms with van der Waals surface area (Å²) in [5.74, 6) is 0. The minimum atomic E-state index is -0.507. The summed E-state index contributed by atoms with van der Waals surface area (Å²) in [5, 5.41) is 0. The quantitative estimate of drug-likeness (QED) is 0.732. The summed E-state index contributed by atoms with van der Waals surface area (Å²) in [6.45, 7) is 5.69. The molecule has 0 bridgehead atoms. The second-order valence-electron chi connectivity index (χ2n) is 3.94. The molecule has 78 valence electrons. The average Bonchev–Trinajstić information content (AvgIpc) is 2.47. The Labute approximate surface area is 82.9 Å². The summed E-state index contributed by atoms with van der Waals surface area (Å²) in [4.78, 5) is 15.4. The van der Waals surface area contributed by atoms with Crippen molar-refractivity contribution in [3.63, 3.8) is 0 Å². The van der Waals surface area contributed by atoms with Crippen LogP contribution in [0.5, 0.6) is 0 Å². The van der Waals surface area contributed by atoms with Crippen LogP contribution in [0.4, 0.5) is 4.79 Å². The highest BCUT2D eigenvalue weighted by Crippen LogP contribution is 2.10. The lowest BCUT2D eigenvalue weighted by atomic mass is 10.2. The Morgan fingerprint density at radius 3 is 2.79 bits per heavy atom. The Balaban J connectivity index is 2.80. The third kappa shape index (κ3) is 2.56. The SMILES string of the molecule is CC(C)(C)OC(=O)n1cncc1CN. The van der Waals surface area contributed by atoms with E-state index in [9.17, 15) is 4.79 Å². The first kappa shape index (κ1) is 10.7. The van der Waals surface area contributed by atoms with Gasteiger partial charge in [-0.05, 0) is 20.8 Å². The van der Waals surface area contributed by atoms with Crippen LogP contribution in [0, 0.1) is 0 Å². The minimum Gasteiger partial charge on any atom is -0.443 e. The van der Waals surface area contributed by atoms with Crippen molar-refractivity contribution in [2.75, 3.05) is 0 Å². The fraction of sp³-hybridized carbons (Fsp3) is 0.556. The van der Waals surface area contributed by atoms with E-state index in [1.165, 1.54) is 10.9 Å². The summed E-state index contributed by atoms with van der Waals surface area (Å²) in [7, 11) is 0. The molecule has 0 aliphatic carbocycles. The summed E-state index contributed by atoms with van der Waals surface area (Å²) in [6, 6.07) is 0. The molecular weight excluding hydrogens is 182 g/mol.